The number of aromatic nitrogens is 1. The van der Waals surface area contributed by atoms with Crippen molar-refractivity contribution in [3.63, 3.8) is 0 Å². The number of nitrogens with zero attached hydrogens (tertiary/aromatic N) is 1. The molecule has 5 nitrogen and oxygen atoms in total. The van der Waals surface area contributed by atoms with Crippen LogP contribution in [0.3, 0.4) is 0 Å². The zero-order valence-corrected chi connectivity index (χ0v) is 18.6. The fourth-order valence-electron chi connectivity index (χ4n) is 2.63. The first-order valence-corrected chi connectivity index (χ1v) is 11.0. The third-order valence-electron chi connectivity index (χ3n) is 4.41. The van der Waals surface area contributed by atoms with Crippen molar-refractivity contribution in [2.45, 2.75) is 62.8 Å². The van der Waals surface area contributed by atoms with E-state index in [9.17, 15) is 26.4 Å². The van der Waals surface area contributed by atoms with Crippen molar-refractivity contribution in [1.82, 2.24) is 4.98 Å². The molecule has 160 valence electrons. The highest BCUT2D eigenvalue weighted by Crippen LogP contribution is 2.35. The standard InChI is InChI=1S/C19H23F3N2O3S2/c1-11-14(17(2,3)4)28-16(23-11)24-15(25)18(5,6)29(26,27)13-9-7-12(8-10-13)19(20,21)22/h7-10H,1-6H3,(H,23,24,25). The number of hydrogen-bond acceptors (Lipinski definition) is 5. The van der Waals surface area contributed by atoms with Crippen LogP contribution in [0, 0.1) is 6.92 Å². The molecule has 0 atom stereocenters. The fraction of sp³-hybridized carbons (Fsp3) is 0.474. The normalized spacial score (nSPS) is 13.4. The lowest BCUT2D eigenvalue weighted by atomic mass is 9.94. The molecule has 0 bridgehead atoms. The molecule has 1 heterocycles. The number of nitrogens with one attached hydrogen (secondary N) is 1. The van der Waals surface area contributed by atoms with Crippen molar-refractivity contribution in [1.29, 1.82) is 0 Å². The molecule has 1 aromatic heterocycles. The van der Waals surface area contributed by atoms with E-state index >= 15 is 0 Å². The number of anilines is 1. The molecular formula is C19H23F3N2O3S2. The highest BCUT2D eigenvalue weighted by atomic mass is 32.2. The lowest BCUT2D eigenvalue weighted by Gasteiger charge is -2.23. The van der Waals surface area contributed by atoms with Gasteiger partial charge in [0.25, 0.3) is 0 Å². The first-order chi connectivity index (χ1) is 13.0. The Balaban J connectivity index is 2.32. The van der Waals surface area contributed by atoms with E-state index < -0.39 is 32.2 Å². The Morgan fingerprint density at radius 2 is 1.55 bits per heavy atom. The monoisotopic (exact) mass is 448 g/mol. The van der Waals surface area contributed by atoms with Crippen molar-refractivity contribution in [3.8, 4) is 0 Å². The number of rotatable bonds is 4. The average Bonchev–Trinajstić information content (AvgIpc) is 2.94. The highest BCUT2D eigenvalue weighted by Gasteiger charge is 2.43. The number of carbonyl (C=O) groups excluding carboxylic acids is 1. The summed E-state index contributed by atoms with van der Waals surface area (Å²) in [5.74, 6) is -0.813. The number of amides is 1. The fourth-order valence-corrected chi connectivity index (χ4v) is 5.03. The van der Waals surface area contributed by atoms with E-state index in [-0.39, 0.29) is 15.4 Å². The van der Waals surface area contributed by atoms with Crippen LogP contribution >= 0.6 is 11.3 Å². The van der Waals surface area contributed by atoms with Gasteiger partial charge in [0.2, 0.25) is 5.91 Å². The zero-order chi connectivity index (χ0) is 22.4. The molecule has 0 unspecified atom stereocenters. The van der Waals surface area contributed by atoms with Crippen LogP contribution in [-0.2, 0) is 26.2 Å². The number of halogens is 3. The molecule has 0 aliphatic carbocycles. The van der Waals surface area contributed by atoms with E-state index in [0.717, 1.165) is 22.7 Å². The first-order valence-electron chi connectivity index (χ1n) is 8.69. The number of thiazole rings is 1. The third-order valence-corrected chi connectivity index (χ3v) is 8.33. The maximum Gasteiger partial charge on any atom is 0.416 e. The van der Waals surface area contributed by atoms with Crippen molar-refractivity contribution >= 4 is 32.2 Å². The van der Waals surface area contributed by atoms with Gasteiger partial charge in [-0.2, -0.15) is 13.2 Å². The van der Waals surface area contributed by atoms with E-state index in [0.29, 0.717) is 12.1 Å². The second-order valence-corrected chi connectivity index (χ2v) is 11.7. The quantitative estimate of drug-likeness (QED) is 0.717. The third kappa shape index (κ3) is 4.63. The van der Waals surface area contributed by atoms with Crippen LogP contribution in [0.4, 0.5) is 18.3 Å². The van der Waals surface area contributed by atoms with Crippen LogP contribution in [0.15, 0.2) is 29.2 Å². The molecule has 2 aromatic rings. The average molecular weight is 449 g/mol. The minimum absolute atomic E-state index is 0.188. The minimum atomic E-state index is -4.58. The van der Waals surface area contributed by atoms with Gasteiger partial charge in [-0.05, 0) is 50.5 Å². The van der Waals surface area contributed by atoms with Gasteiger partial charge in [-0.1, -0.05) is 20.8 Å². The largest absolute Gasteiger partial charge is 0.416 e. The zero-order valence-electron chi connectivity index (χ0n) is 16.9. The summed E-state index contributed by atoms with van der Waals surface area (Å²) >= 11 is 1.26. The Morgan fingerprint density at radius 1 is 1.03 bits per heavy atom. The number of alkyl halides is 3. The van der Waals surface area contributed by atoms with E-state index in [4.69, 9.17) is 0 Å². The molecule has 0 radical (unpaired) electrons. The summed E-state index contributed by atoms with van der Waals surface area (Å²) in [5.41, 5.74) is -0.417. The number of benzene rings is 1. The van der Waals surface area contributed by atoms with Crippen LogP contribution in [0.5, 0.6) is 0 Å². The van der Waals surface area contributed by atoms with E-state index in [1.807, 2.05) is 20.8 Å². The molecular weight excluding hydrogens is 425 g/mol. The molecule has 0 aliphatic heterocycles. The van der Waals surface area contributed by atoms with Crippen LogP contribution in [0.1, 0.15) is 50.8 Å². The molecule has 0 aliphatic rings. The van der Waals surface area contributed by atoms with Gasteiger partial charge in [0.1, 0.15) is 4.75 Å². The Labute approximate surface area is 172 Å². The van der Waals surface area contributed by atoms with Crippen LogP contribution < -0.4 is 5.32 Å². The van der Waals surface area contributed by atoms with Gasteiger partial charge in [-0.25, -0.2) is 13.4 Å². The number of sulfone groups is 1. The van der Waals surface area contributed by atoms with Crippen LogP contribution in [0.2, 0.25) is 0 Å². The second-order valence-electron chi connectivity index (χ2n) is 8.17. The number of carbonyl (C=O) groups is 1. The summed E-state index contributed by atoms with van der Waals surface area (Å²) in [5, 5.41) is 2.81. The SMILES string of the molecule is Cc1nc(NC(=O)C(C)(C)S(=O)(=O)c2ccc(C(F)(F)F)cc2)sc1C(C)(C)C. The Hall–Kier alpha value is -1.94. The minimum Gasteiger partial charge on any atom is -0.301 e. The van der Waals surface area contributed by atoms with Crippen molar-refractivity contribution in [3.05, 3.63) is 40.4 Å². The molecule has 0 spiro atoms. The van der Waals surface area contributed by atoms with Gasteiger partial charge in [0.05, 0.1) is 16.2 Å². The Bertz CT molecular complexity index is 1020. The molecule has 0 saturated heterocycles. The summed E-state index contributed by atoms with van der Waals surface area (Å²) < 4.78 is 62.1. The van der Waals surface area contributed by atoms with Crippen LogP contribution in [-0.4, -0.2) is 24.1 Å². The number of hydrogen-bond donors (Lipinski definition) is 1. The van der Waals surface area contributed by atoms with Crippen LogP contribution in [0.25, 0.3) is 0 Å². The summed E-state index contributed by atoms with van der Waals surface area (Å²) in [4.78, 5) is 17.6. The maximum absolute atomic E-state index is 12.9. The van der Waals surface area contributed by atoms with Crippen molar-refractivity contribution in [2.24, 2.45) is 0 Å². The summed E-state index contributed by atoms with van der Waals surface area (Å²) in [6, 6.07) is 3.08. The smallest absolute Gasteiger partial charge is 0.301 e. The first kappa shape index (κ1) is 23.3. The van der Waals surface area contributed by atoms with Crippen molar-refractivity contribution < 1.29 is 26.4 Å². The van der Waals surface area contributed by atoms with Gasteiger partial charge < -0.3 is 5.32 Å². The summed E-state index contributed by atoms with van der Waals surface area (Å²) in [7, 11) is -4.25. The predicted octanol–water partition coefficient (Wildman–Crippen LogP) is 4.96. The van der Waals surface area contributed by atoms with Gasteiger partial charge in [-0.15, -0.1) is 11.3 Å². The molecule has 0 saturated carbocycles. The van der Waals surface area contributed by atoms with Crippen molar-refractivity contribution in [2.75, 3.05) is 5.32 Å². The molecule has 1 aromatic carbocycles. The lowest BCUT2D eigenvalue weighted by Crippen LogP contribution is -2.44. The topological polar surface area (TPSA) is 76.1 Å². The lowest BCUT2D eigenvalue weighted by molar-refractivity contribution is -0.137. The Morgan fingerprint density at radius 3 is 1.97 bits per heavy atom. The molecule has 0 fully saturated rings. The molecule has 1 N–H and O–H groups in total. The summed E-state index contributed by atoms with van der Waals surface area (Å²) in [6.45, 7) is 10.2. The van der Waals surface area contributed by atoms with Gasteiger partial charge >= 0.3 is 6.18 Å². The Kier molecular flexibility index (Phi) is 5.95. The molecule has 1 amide bonds. The van der Waals surface area contributed by atoms with E-state index in [2.05, 4.69) is 10.3 Å². The van der Waals surface area contributed by atoms with Gasteiger partial charge in [0.15, 0.2) is 15.0 Å². The molecule has 2 rings (SSSR count). The van der Waals surface area contributed by atoms with E-state index in [1.165, 1.54) is 25.2 Å². The summed E-state index contributed by atoms with van der Waals surface area (Å²) in [6.07, 6.45) is -4.58. The van der Waals surface area contributed by atoms with Gasteiger partial charge in [-0.3, -0.25) is 4.79 Å². The molecule has 29 heavy (non-hydrogen) atoms. The van der Waals surface area contributed by atoms with Gasteiger partial charge in [0, 0.05) is 4.88 Å². The maximum atomic E-state index is 12.9. The van der Waals surface area contributed by atoms with E-state index in [1.54, 1.807) is 6.92 Å². The highest BCUT2D eigenvalue weighted by molar-refractivity contribution is 7.93. The predicted molar refractivity (Wildman–Crippen MR) is 107 cm³/mol. The molecule has 10 heteroatoms. The number of aryl methyl sites for hydroxylation is 1. The second kappa shape index (κ2) is 7.39.